The highest BCUT2D eigenvalue weighted by Gasteiger charge is 2.40. The number of alkyl carbamates (subject to hydrolysis) is 1. The zero-order valence-electron chi connectivity index (χ0n) is 19.5. The summed E-state index contributed by atoms with van der Waals surface area (Å²) in [5, 5.41) is 17.0. The van der Waals surface area contributed by atoms with Gasteiger partial charge in [-0.1, -0.05) is 55.5 Å². The Bertz CT molecular complexity index is 1090. The second kappa shape index (κ2) is 10.6. The van der Waals surface area contributed by atoms with Gasteiger partial charge in [-0.15, -0.1) is 0 Å². The normalized spacial score (nSPS) is 19.3. The molecule has 184 valence electrons. The number of nitrogens with one attached hydrogen (secondary N) is 3. The molecule has 4 N–H and O–H groups in total. The first kappa shape index (κ1) is 24.3. The van der Waals surface area contributed by atoms with Crippen LogP contribution in [0.25, 0.3) is 11.1 Å². The van der Waals surface area contributed by atoms with E-state index in [1.165, 1.54) is 0 Å². The minimum Gasteiger partial charge on any atom is -0.481 e. The van der Waals surface area contributed by atoms with Crippen LogP contribution in [0.5, 0.6) is 0 Å². The number of aliphatic carboxylic acids is 1. The minimum atomic E-state index is -1.14. The molecular weight excluding hydrogens is 450 g/mol. The molecule has 9 nitrogen and oxygen atoms in total. The largest absolute Gasteiger partial charge is 0.481 e. The maximum absolute atomic E-state index is 12.5. The van der Waals surface area contributed by atoms with E-state index in [1.54, 1.807) is 0 Å². The third-order valence-electron chi connectivity index (χ3n) is 6.69. The predicted octanol–water partition coefficient (Wildman–Crippen LogP) is 2.40. The molecule has 0 saturated carbocycles. The second-order valence-corrected chi connectivity index (χ2v) is 8.85. The average Bonchev–Trinajstić information content (AvgIpc) is 3.38. The quantitative estimate of drug-likeness (QED) is 0.436. The zero-order chi connectivity index (χ0) is 24.9. The van der Waals surface area contributed by atoms with Crippen LogP contribution in [0, 0.1) is 5.92 Å². The van der Waals surface area contributed by atoms with Gasteiger partial charge in [-0.3, -0.25) is 14.4 Å². The summed E-state index contributed by atoms with van der Waals surface area (Å²) >= 11 is 0. The summed E-state index contributed by atoms with van der Waals surface area (Å²) in [7, 11) is 0. The van der Waals surface area contributed by atoms with Crippen molar-refractivity contribution < 1.29 is 29.0 Å². The first-order valence-corrected chi connectivity index (χ1v) is 11.8. The lowest BCUT2D eigenvalue weighted by atomic mass is 9.98. The molecule has 3 atom stereocenters. The van der Waals surface area contributed by atoms with E-state index in [4.69, 9.17) is 4.74 Å². The molecule has 4 rings (SSSR count). The first-order valence-electron chi connectivity index (χ1n) is 11.8. The summed E-state index contributed by atoms with van der Waals surface area (Å²) in [6.45, 7) is 2.07. The fourth-order valence-electron chi connectivity index (χ4n) is 4.75. The number of ether oxygens (including phenoxy) is 1. The fraction of sp³-hybridized carbons (Fsp3) is 0.385. The summed E-state index contributed by atoms with van der Waals surface area (Å²) in [4.78, 5) is 47.9. The number of benzene rings is 2. The predicted molar refractivity (Wildman–Crippen MR) is 128 cm³/mol. The van der Waals surface area contributed by atoms with Crippen LogP contribution in [0.4, 0.5) is 4.79 Å². The van der Waals surface area contributed by atoms with E-state index >= 15 is 0 Å². The van der Waals surface area contributed by atoms with Crippen molar-refractivity contribution in [2.75, 3.05) is 13.2 Å². The van der Waals surface area contributed by atoms with Gasteiger partial charge in [0.05, 0.1) is 0 Å². The van der Waals surface area contributed by atoms with Gasteiger partial charge in [-0.25, -0.2) is 4.79 Å². The lowest BCUT2D eigenvalue weighted by Gasteiger charge is -2.19. The average molecular weight is 480 g/mol. The Hall–Kier alpha value is -3.88. The molecule has 0 bridgehead atoms. The van der Waals surface area contributed by atoms with Crippen LogP contribution in [0.1, 0.15) is 43.2 Å². The van der Waals surface area contributed by atoms with E-state index in [1.807, 2.05) is 43.3 Å². The Morgan fingerprint density at radius 2 is 1.71 bits per heavy atom. The van der Waals surface area contributed by atoms with Crippen molar-refractivity contribution in [2.24, 2.45) is 5.92 Å². The minimum absolute atomic E-state index is 0.0139. The number of carboxylic acids is 1. The van der Waals surface area contributed by atoms with Crippen molar-refractivity contribution in [3.05, 3.63) is 59.7 Å². The Balaban J connectivity index is 1.27. The number of amides is 3. The highest BCUT2D eigenvalue weighted by molar-refractivity contribution is 5.94. The SMILES string of the molecule is CCC(CCC(=O)NC1C(=O)NCC1C(=O)O)NC(=O)OCC1c2ccccc2-c2ccccc21. The number of hydrogen-bond donors (Lipinski definition) is 4. The van der Waals surface area contributed by atoms with Gasteiger partial charge in [-0.2, -0.15) is 0 Å². The van der Waals surface area contributed by atoms with Crippen LogP contribution < -0.4 is 16.0 Å². The molecular formula is C26H29N3O6. The Labute approximate surface area is 203 Å². The smallest absolute Gasteiger partial charge is 0.407 e. The molecule has 1 heterocycles. The van der Waals surface area contributed by atoms with Crippen LogP contribution in [0.2, 0.25) is 0 Å². The summed E-state index contributed by atoms with van der Waals surface area (Å²) in [6, 6.07) is 14.8. The molecule has 3 unspecified atom stereocenters. The van der Waals surface area contributed by atoms with Crippen molar-refractivity contribution in [3.63, 3.8) is 0 Å². The van der Waals surface area contributed by atoms with Crippen LogP contribution in [-0.2, 0) is 19.1 Å². The van der Waals surface area contributed by atoms with Crippen LogP contribution in [-0.4, -0.2) is 54.2 Å². The number of rotatable bonds is 9. The lowest BCUT2D eigenvalue weighted by Crippen LogP contribution is -2.46. The van der Waals surface area contributed by atoms with Crippen LogP contribution in [0.15, 0.2) is 48.5 Å². The van der Waals surface area contributed by atoms with Crippen molar-refractivity contribution in [1.29, 1.82) is 0 Å². The Morgan fingerprint density at radius 3 is 2.31 bits per heavy atom. The molecule has 0 radical (unpaired) electrons. The number of carbonyl (C=O) groups excluding carboxylic acids is 3. The van der Waals surface area contributed by atoms with Crippen molar-refractivity contribution in [3.8, 4) is 11.1 Å². The number of carbonyl (C=O) groups is 4. The van der Waals surface area contributed by atoms with E-state index in [0.717, 1.165) is 22.3 Å². The fourth-order valence-corrected chi connectivity index (χ4v) is 4.75. The van der Waals surface area contributed by atoms with E-state index in [-0.39, 0.29) is 31.5 Å². The van der Waals surface area contributed by atoms with E-state index in [2.05, 4.69) is 28.1 Å². The number of fused-ring (bicyclic) bond motifs is 3. The number of hydrogen-bond acceptors (Lipinski definition) is 5. The van der Waals surface area contributed by atoms with E-state index in [9.17, 15) is 24.3 Å². The molecule has 9 heteroatoms. The summed E-state index contributed by atoms with van der Waals surface area (Å²) in [6.07, 6.45) is 0.399. The topological polar surface area (TPSA) is 134 Å². The number of carboxylic acid groups (broad SMARTS) is 1. The van der Waals surface area contributed by atoms with Gasteiger partial charge < -0.3 is 25.8 Å². The molecule has 0 spiro atoms. The van der Waals surface area contributed by atoms with Crippen LogP contribution in [0.3, 0.4) is 0 Å². The molecule has 2 aromatic carbocycles. The maximum atomic E-state index is 12.5. The summed E-state index contributed by atoms with van der Waals surface area (Å²) in [5.41, 5.74) is 4.55. The molecule has 1 aliphatic carbocycles. The third-order valence-corrected chi connectivity index (χ3v) is 6.69. The van der Waals surface area contributed by atoms with Crippen molar-refractivity contribution in [1.82, 2.24) is 16.0 Å². The van der Waals surface area contributed by atoms with Crippen LogP contribution >= 0.6 is 0 Å². The molecule has 2 aromatic rings. The highest BCUT2D eigenvalue weighted by Crippen LogP contribution is 2.44. The third kappa shape index (κ3) is 5.29. The molecule has 2 aliphatic rings. The molecule has 1 saturated heterocycles. The maximum Gasteiger partial charge on any atom is 0.407 e. The summed E-state index contributed by atoms with van der Waals surface area (Å²) in [5.74, 6) is -3.12. The van der Waals surface area contributed by atoms with Crippen molar-refractivity contribution in [2.45, 2.75) is 44.2 Å². The zero-order valence-corrected chi connectivity index (χ0v) is 19.5. The monoisotopic (exact) mass is 479 g/mol. The second-order valence-electron chi connectivity index (χ2n) is 8.85. The molecule has 3 amide bonds. The van der Waals surface area contributed by atoms with Crippen molar-refractivity contribution >= 4 is 23.9 Å². The lowest BCUT2D eigenvalue weighted by molar-refractivity contribution is -0.143. The van der Waals surface area contributed by atoms with E-state index < -0.39 is 35.8 Å². The highest BCUT2D eigenvalue weighted by atomic mass is 16.5. The molecule has 1 fully saturated rings. The van der Waals surface area contributed by atoms with Gasteiger partial charge in [0, 0.05) is 24.9 Å². The molecule has 0 aromatic heterocycles. The van der Waals surface area contributed by atoms with Gasteiger partial charge in [-0.05, 0) is 35.1 Å². The van der Waals surface area contributed by atoms with Gasteiger partial charge in [0.2, 0.25) is 11.8 Å². The standard InChI is InChI=1S/C26H29N3O6/c1-2-15(11-12-22(30)29-23-20(25(32)33)13-27-24(23)31)28-26(34)35-14-21-18-9-5-3-7-16(18)17-8-4-6-10-19(17)21/h3-10,15,20-21,23H,2,11-14H2,1H3,(H,27,31)(H,28,34)(H,29,30)(H,32,33). The first-order chi connectivity index (χ1) is 16.9. The van der Waals surface area contributed by atoms with Gasteiger partial charge in [0.15, 0.2) is 0 Å². The Kier molecular flexibility index (Phi) is 7.33. The molecule has 1 aliphatic heterocycles. The Morgan fingerprint density at radius 1 is 1.09 bits per heavy atom. The summed E-state index contributed by atoms with van der Waals surface area (Å²) < 4.78 is 5.57. The van der Waals surface area contributed by atoms with E-state index in [0.29, 0.717) is 12.8 Å². The van der Waals surface area contributed by atoms with Gasteiger partial charge >= 0.3 is 12.1 Å². The van der Waals surface area contributed by atoms with Gasteiger partial charge in [0.1, 0.15) is 18.6 Å². The van der Waals surface area contributed by atoms with Gasteiger partial charge in [0.25, 0.3) is 0 Å². The molecule has 35 heavy (non-hydrogen) atoms.